The maximum atomic E-state index is 13.1. The lowest BCUT2D eigenvalue weighted by molar-refractivity contribution is 0.628. The number of hydrogen-bond acceptors (Lipinski definition) is 3. The van der Waals surface area contributed by atoms with Crippen molar-refractivity contribution >= 4 is 11.5 Å². The zero-order valence-electron chi connectivity index (χ0n) is 8.84. The predicted octanol–water partition coefficient (Wildman–Crippen LogP) is 2.12. The number of aromatic nitrogens is 3. The molecule has 0 aliphatic heterocycles. The van der Waals surface area contributed by atoms with Crippen molar-refractivity contribution in [1.82, 2.24) is 14.4 Å². The molecule has 1 aromatic carbocycles. The van der Waals surface area contributed by atoms with Crippen LogP contribution in [0.25, 0.3) is 16.9 Å². The first-order chi connectivity index (χ1) is 8.22. The third-order valence-electron chi connectivity index (χ3n) is 2.49. The van der Waals surface area contributed by atoms with Crippen molar-refractivity contribution in [2.45, 2.75) is 0 Å². The number of nitrogens with zero attached hydrogens (tertiary/aromatic N) is 3. The first-order valence-electron chi connectivity index (χ1n) is 5.08. The minimum Gasteiger partial charge on any atom is -0.384 e. The zero-order valence-corrected chi connectivity index (χ0v) is 8.84. The molecule has 0 unspecified atom stereocenters. The quantitative estimate of drug-likeness (QED) is 0.694. The van der Waals surface area contributed by atoms with Gasteiger partial charge in [0.25, 0.3) is 0 Å². The number of hydrogen-bond donors (Lipinski definition) is 1. The SMILES string of the molecule is Nc1cc2nc(-c3cccc(F)c3)cn2cn1. The summed E-state index contributed by atoms with van der Waals surface area (Å²) in [5, 5.41) is 0. The number of anilines is 1. The lowest BCUT2D eigenvalue weighted by Crippen LogP contribution is -1.92. The topological polar surface area (TPSA) is 56.2 Å². The number of benzene rings is 1. The summed E-state index contributed by atoms with van der Waals surface area (Å²) >= 11 is 0. The number of imidazole rings is 1. The minimum absolute atomic E-state index is 0.280. The molecular formula is C12H9FN4. The Morgan fingerprint density at radius 3 is 2.94 bits per heavy atom. The van der Waals surface area contributed by atoms with E-state index in [2.05, 4.69) is 9.97 Å². The minimum atomic E-state index is -0.280. The van der Waals surface area contributed by atoms with Crippen molar-refractivity contribution in [3.63, 3.8) is 0 Å². The molecular weight excluding hydrogens is 219 g/mol. The smallest absolute Gasteiger partial charge is 0.142 e. The van der Waals surface area contributed by atoms with Crippen molar-refractivity contribution in [2.24, 2.45) is 0 Å². The standard InChI is InChI=1S/C12H9FN4/c13-9-3-1-2-8(4-9)10-6-17-7-15-11(14)5-12(17)16-10/h1-7H,14H2. The van der Waals surface area contributed by atoms with Crippen LogP contribution in [0.5, 0.6) is 0 Å². The summed E-state index contributed by atoms with van der Waals surface area (Å²) in [5.74, 6) is 0.131. The molecule has 4 nitrogen and oxygen atoms in total. The molecule has 2 aromatic heterocycles. The molecule has 0 atom stereocenters. The Labute approximate surface area is 96.6 Å². The maximum Gasteiger partial charge on any atom is 0.142 e. The number of fused-ring (bicyclic) bond motifs is 1. The van der Waals surface area contributed by atoms with Gasteiger partial charge in [-0.2, -0.15) is 0 Å². The molecule has 0 saturated heterocycles. The largest absolute Gasteiger partial charge is 0.384 e. The van der Waals surface area contributed by atoms with E-state index in [9.17, 15) is 4.39 Å². The molecule has 17 heavy (non-hydrogen) atoms. The highest BCUT2D eigenvalue weighted by Gasteiger charge is 2.05. The van der Waals surface area contributed by atoms with Crippen molar-refractivity contribution in [3.05, 3.63) is 48.7 Å². The van der Waals surface area contributed by atoms with Crippen molar-refractivity contribution in [1.29, 1.82) is 0 Å². The summed E-state index contributed by atoms with van der Waals surface area (Å²) in [6.07, 6.45) is 3.37. The highest BCUT2D eigenvalue weighted by atomic mass is 19.1. The van der Waals surface area contributed by atoms with Gasteiger partial charge in [0.15, 0.2) is 0 Å². The molecule has 3 rings (SSSR count). The average Bonchev–Trinajstić information content (AvgIpc) is 2.72. The van der Waals surface area contributed by atoms with Crippen LogP contribution < -0.4 is 5.73 Å². The third kappa shape index (κ3) is 1.71. The van der Waals surface area contributed by atoms with Crippen LogP contribution in [0, 0.1) is 5.82 Å². The first kappa shape index (κ1) is 9.77. The van der Waals surface area contributed by atoms with Gasteiger partial charge in [-0.1, -0.05) is 12.1 Å². The molecule has 5 heteroatoms. The fourth-order valence-electron chi connectivity index (χ4n) is 1.69. The van der Waals surface area contributed by atoms with Crippen molar-refractivity contribution < 1.29 is 4.39 Å². The Kier molecular flexibility index (Phi) is 2.04. The van der Waals surface area contributed by atoms with Gasteiger partial charge in [0.1, 0.15) is 23.6 Å². The van der Waals surface area contributed by atoms with E-state index in [0.29, 0.717) is 17.2 Å². The monoisotopic (exact) mass is 228 g/mol. The maximum absolute atomic E-state index is 13.1. The van der Waals surface area contributed by atoms with Gasteiger partial charge in [0, 0.05) is 17.8 Å². The van der Waals surface area contributed by atoms with Crippen LogP contribution in [0.4, 0.5) is 10.2 Å². The van der Waals surface area contributed by atoms with Crippen molar-refractivity contribution in [3.8, 4) is 11.3 Å². The summed E-state index contributed by atoms with van der Waals surface area (Å²) in [6, 6.07) is 7.98. The molecule has 0 bridgehead atoms. The van der Waals surface area contributed by atoms with E-state index in [-0.39, 0.29) is 5.82 Å². The number of halogens is 1. The fourth-order valence-corrected chi connectivity index (χ4v) is 1.69. The van der Waals surface area contributed by atoms with Gasteiger partial charge in [0.05, 0.1) is 5.69 Å². The lowest BCUT2D eigenvalue weighted by atomic mass is 10.2. The van der Waals surface area contributed by atoms with E-state index in [1.165, 1.54) is 12.1 Å². The Balaban J connectivity index is 2.18. The Morgan fingerprint density at radius 2 is 2.12 bits per heavy atom. The Bertz CT molecular complexity index is 690. The van der Waals surface area contributed by atoms with Gasteiger partial charge in [-0.05, 0) is 12.1 Å². The molecule has 2 N–H and O–H groups in total. The third-order valence-corrected chi connectivity index (χ3v) is 2.49. The van der Waals surface area contributed by atoms with Gasteiger partial charge < -0.3 is 5.73 Å². The normalized spacial score (nSPS) is 10.9. The van der Waals surface area contributed by atoms with E-state index in [1.54, 1.807) is 29.1 Å². The zero-order chi connectivity index (χ0) is 11.8. The second-order valence-electron chi connectivity index (χ2n) is 3.72. The van der Waals surface area contributed by atoms with Crippen LogP contribution in [-0.2, 0) is 0 Å². The molecule has 0 spiro atoms. The number of nitrogens with two attached hydrogens (primary N) is 1. The molecule has 84 valence electrons. The fraction of sp³-hybridized carbons (Fsp3) is 0. The summed E-state index contributed by atoms with van der Waals surface area (Å²) in [7, 11) is 0. The number of nitrogen functional groups attached to an aromatic ring is 1. The van der Waals surface area contributed by atoms with E-state index in [0.717, 1.165) is 5.56 Å². The summed E-state index contributed by atoms with van der Waals surface area (Å²) in [6.45, 7) is 0. The van der Waals surface area contributed by atoms with Crippen LogP contribution in [0.3, 0.4) is 0 Å². The molecule has 0 aliphatic carbocycles. The molecule has 0 fully saturated rings. The summed E-state index contributed by atoms with van der Waals surface area (Å²) in [4.78, 5) is 8.32. The predicted molar refractivity (Wildman–Crippen MR) is 62.8 cm³/mol. The van der Waals surface area contributed by atoms with E-state index < -0.39 is 0 Å². The van der Waals surface area contributed by atoms with Gasteiger partial charge in [-0.3, -0.25) is 4.40 Å². The summed E-state index contributed by atoms with van der Waals surface area (Å²) < 4.78 is 14.9. The van der Waals surface area contributed by atoms with E-state index in [4.69, 9.17) is 5.73 Å². The van der Waals surface area contributed by atoms with Gasteiger partial charge in [-0.25, -0.2) is 14.4 Å². The average molecular weight is 228 g/mol. The van der Waals surface area contributed by atoms with Crippen LogP contribution in [0.15, 0.2) is 42.9 Å². The summed E-state index contributed by atoms with van der Waals surface area (Å²) in [5.41, 5.74) is 7.68. The number of rotatable bonds is 1. The Morgan fingerprint density at radius 1 is 1.24 bits per heavy atom. The van der Waals surface area contributed by atoms with Crippen LogP contribution in [-0.4, -0.2) is 14.4 Å². The van der Waals surface area contributed by atoms with Crippen LogP contribution >= 0.6 is 0 Å². The highest BCUT2D eigenvalue weighted by molar-refractivity contribution is 5.63. The van der Waals surface area contributed by atoms with Crippen molar-refractivity contribution in [2.75, 3.05) is 5.73 Å². The molecule has 3 aromatic rings. The second kappa shape index (κ2) is 3.55. The molecule has 0 radical (unpaired) electrons. The van der Waals surface area contributed by atoms with Gasteiger partial charge >= 0.3 is 0 Å². The molecule has 0 aliphatic rings. The van der Waals surface area contributed by atoms with Gasteiger partial charge in [0.2, 0.25) is 0 Å². The first-order valence-corrected chi connectivity index (χ1v) is 5.08. The lowest BCUT2D eigenvalue weighted by Gasteiger charge is -1.94. The molecule has 2 heterocycles. The Hall–Kier alpha value is -2.43. The van der Waals surface area contributed by atoms with Crippen LogP contribution in [0.1, 0.15) is 0 Å². The second-order valence-corrected chi connectivity index (χ2v) is 3.72. The molecule has 0 saturated carbocycles. The highest BCUT2D eigenvalue weighted by Crippen LogP contribution is 2.20. The van der Waals surface area contributed by atoms with Gasteiger partial charge in [-0.15, -0.1) is 0 Å². The van der Waals surface area contributed by atoms with E-state index in [1.807, 2.05) is 6.07 Å². The van der Waals surface area contributed by atoms with Crippen LogP contribution in [0.2, 0.25) is 0 Å². The molecule has 0 amide bonds. The van der Waals surface area contributed by atoms with E-state index >= 15 is 0 Å².